The SMILES string of the molecule is CNSc1ccc(NC)c(OC=O)c1. The number of ether oxygens (including phenoxy) is 1. The summed E-state index contributed by atoms with van der Waals surface area (Å²) in [5.74, 6) is 0.530. The summed E-state index contributed by atoms with van der Waals surface area (Å²) in [5.41, 5.74) is 0.789. The molecule has 0 spiro atoms. The molecular formula is C9H12N2O2S. The number of hydrogen-bond acceptors (Lipinski definition) is 5. The predicted octanol–water partition coefficient (Wildman–Crippen LogP) is 1.49. The van der Waals surface area contributed by atoms with Crippen LogP contribution in [-0.2, 0) is 4.79 Å². The summed E-state index contributed by atoms with van der Waals surface area (Å²) in [6.07, 6.45) is 0. The van der Waals surface area contributed by atoms with E-state index in [0.29, 0.717) is 12.2 Å². The standard InChI is InChI=1S/C9H12N2O2S/c1-10-8-4-3-7(14-11-2)5-9(8)13-6-12/h3-6,10-11H,1-2H3. The van der Waals surface area contributed by atoms with E-state index >= 15 is 0 Å². The number of nitrogens with one attached hydrogen (secondary N) is 2. The fourth-order valence-corrected chi connectivity index (χ4v) is 1.58. The lowest BCUT2D eigenvalue weighted by Gasteiger charge is -2.08. The van der Waals surface area contributed by atoms with Gasteiger partial charge in [-0.15, -0.1) is 0 Å². The van der Waals surface area contributed by atoms with Crippen molar-refractivity contribution < 1.29 is 9.53 Å². The molecular weight excluding hydrogens is 200 g/mol. The quantitative estimate of drug-likeness (QED) is 0.572. The fourth-order valence-electron chi connectivity index (χ4n) is 1.04. The molecule has 0 aliphatic carbocycles. The maximum absolute atomic E-state index is 10.2. The molecule has 0 aliphatic rings. The lowest BCUT2D eigenvalue weighted by molar-refractivity contribution is -0.120. The second-order valence-electron chi connectivity index (χ2n) is 2.43. The van der Waals surface area contributed by atoms with Crippen molar-refractivity contribution in [2.45, 2.75) is 4.90 Å². The van der Waals surface area contributed by atoms with Crippen LogP contribution in [0.15, 0.2) is 23.1 Å². The van der Waals surface area contributed by atoms with Crippen molar-refractivity contribution in [2.24, 2.45) is 0 Å². The first kappa shape index (κ1) is 10.9. The zero-order valence-electron chi connectivity index (χ0n) is 8.03. The van der Waals surface area contributed by atoms with Gasteiger partial charge in [-0.1, -0.05) is 0 Å². The van der Waals surface area contributed by atoms with Crippen LogP contribution < -0.4 is 14.8 Å². The van der Waals surface area contributed by atoms with Crippen LogP contribution in [0, 0.1) is 0 Å². The third kappa shape index (κ3) is 2.65. The number of benzene rings is 1. The van der Waals surface area contributed by atoms with Crippen LogP contribution in [0.25, 0.3) is 0 Å². The maximum atomic E-state index is 10.2. The van der Waals surface area contributed by atoms with E-state index in [9.17, 15) is 4.79 Å². The number of hydrogen-bond donors (Lipinski definition) is 2. The van der Waals surface area contributed by atoms with Gasteiger partial charge in [0.2, 0.25) is 0 Å². The molecule has 1 aromatic rings. The van der Waals surface area contributed by atoms with Crippen molar-refractivity contribution >= 4 is 24.1 Å². The molecule has 1 aromatic carbocycles. The van der Waals surface area contributed by atoms with Gasteiger partial charge in [0.05, 0.1) is 5.69 Å². The van der Waals surface area contributed by atoms with Gasteiger partial charge in [0.1, 0.15) is 0 Å². The normalized spacial score (nSPS) is 9.57. The molecule has 4 nitrogen and oxygen atoms in total. The van der Waals surface area contributed by atoms with Crippen molar-refractivity contribution in [1.82, 2.24) is 4.72 Å². The molecule has 0 aromatic heterocycles. The Hall–Kier alpha value is -1.20. The summed E-state index contributed by atoms with van der Waals surface area (Å²) in [7, 11) is 3.61. The summed E-state index contributed by atoms with van der Waals surface area (Å²) >= 11 is 1.46. The van der Waals surface area contributed by atoms with Crippen LogP contribution in [0.3, 0.4) is 0 Å². The third-order valence-corrected chi connectivity index (χ3v) is 2.31. The highest BCUT2D eigenvalue weighted by Crippen LogP contribution is 2.28. The van der Waals surface area contributed by atoms with E-state index in [1.54, 1.807) is 13.1 Å². The van der Waals surface area contributed by atoms with Gasteiger partial charge in [0.25, 0.3) is 6.47 Å². The summed E-state index contributed by atoms with van der Waals surface area (Å²) in [6, 6.07) is 5.59. The molecule has 14 heavy (non-hydrogen) atoms. The van der Waals surface area contributed by atoms with Gasteiger partial charge in [0.15, 0.2) is 5.75 Å². The third-order valence-electron chi connectivity index (χ3n) is 1.62. The zero-order valence-corrected chi connectivity index (χ0v) is 8.85. The van der Waals surface area contributed by atoms with Crippen LogP contribution in [0.5, 0.6) is 5.75 Å². The Morgan fingerprint density at radius 3 is 2.79 bits per heavy atom. The minimum atomic E-state index is 0.421. The fraction of sp³-hybridized carbons (Fsp3) is 0.222. The Balaban J connectivity index is 2.94. The van der Waals surface area contributed by atoms with Gasteiger partial charge in [-0.2, -0.15) is 0 Å². The van der Waals surface area contributed by atoms with Gasteiger partial charge in [-0.25, -0.2) is 0 Å². The monoisotopic (exact) mass is 212 g/mol. The summed E-state index contributed by atoms with van der Waals surface area (Å²) in [5, 5.41) is 2.94. The van der Waals surface area contributed by atoms with E-state index < -0.39 is 0 Å². The highest BCUT2D eigenvalue weighted by molar-refractivity contribution is 7.97. The zero-order chi connectivity index (χ0) is 10.4. The molecule has 0 unspecified atom stereocenters. The molecule has 2 N–H and O–H groups in total. The second-order valence-corrected chi connectivity index (χ2v) is 3.51. The average molecular weight is 212 g/mol. The van der Waals surface area contributed by atoms with E-state index in [1.165, 1.54) is 11.9 Å². The minimum Gasteiger partial charge on any atom is -0.426 e. The molecule has 0 saturated carbocycles. The van der Waals surface area contributed by atoms with Crippen LogP contribution in [0.4, 0.5) is 5.69 Å². The highest BCUT2D eigenvalue weighted by Gasteiger charge is 2.03. The molecule has 1 rings (SSSR count). The largest absolute Gasteiger partial charge is 0.426 e. The molecule has 0 bridgehead atoms. The van der Waals surface area contributed by atoms with Crippen LogP contribution in [0.1, 0.15) is 0 Å². The van der Waals surface area contributed by atoms with Gasteiger partial charge in [-0.3, -0.25) is 9.52 Å². The molecule has 0 radical (unpaired) electrons. The Bertz CT molecular complexity index is 318. The van der Waals surface area contributed by atoms with Crippen molar-refractivity contribution in [3.63, 3.8) is 0 Å². The molecule has 0 fully saturated rings. The molecule has 0 atom stereocenters. The average Bonchev–Trinajstić information content (AvgIpc) is 2.19. The number of carbonyl (C=O) groups excluding carboxylic acids is 1. The predicted molar refractivity (Wildman–Crippen MR) is 57.6 cm³/mol. The number of carbonyl (C=O) groups is 1. The smallest absolute Gasteiger partial charge is 0.298 e. The van der Waals surface area contributed by atoms with Crippen molar-refractivity contribution in [3.8, 4) is 5.75 Å². The van der Waals surface area contributed by atoms with Crippen LogP contribution in [0.2, 0.25) is 0 Å². The van der Waals surface area contributed by atoms with E-state index in [2.05, 4.69) is 10.0 Å². The molecule has 0 amide bonds. The first-order valence-corrected chi connectivity index (χ1v) is 4.89. The maximum Gasteiger partial charge on any atom is 0.298 e. The lowest BCUT2D eigenvalue weighted by Crippen LogP contribution is -1.97. The van der Waals surface area contributed by atoms with Crippen molar-refractivity contribution in [2.75, 3.05) is 19.4 Å². The first-order valence-electron chi connectivity index (χ1n) is 4.07. The lowest BCUT2D eigenvalue weighted by atomic mass is 10.3. The van der Waals surface area contributed by atoms with E-state index in [4.69, 9.17) is 4.74 Å². The van der Waals surface area contributed by atoms with Crippen molar-refractivity contribution in [1.29, 1.82) is 0 Å². The Morgan fingerprint density at radius 1 is 1.43 bits per heavy atom. The molecule has 0 saturated heterocycles. The molecule has 5 heteroatoms. The van der Waals surface area contributed by atoms with Crippen molar-refractivity contribution in [3.05, 3.63) is 18.2 Å². The molecule has 76 valence electrons. The Kier molecular flexibility index (Phi) is 4.28. The van der Waals surface area contributed by atoms with Gasteiger partial charge >= 0.3 is 0 Å². The molecule has 0 aliphatic heterocycles. The van der Waals surface area contributed by atoms with Gasteiger partial charge in [-0.05, 0) is 37.2 Å². The number of anilines is 1. The topological polar surface area (TPSA) is 50.4 Å². The molecule has 0 heterocycles. The van der Waals surface area contributed by atoms with Gasteiger partial charge in [0, 0.05) is 11.9 Å². The minimum absolute atomic E-state index is 0.421. The first-order chi connectivity index (χ1) is 6.81. The Morgan fingerprint density at radius 2 is 2.21 bits per heavy atom. The van der Waals surface area contributed by atoms with E-state index in [1.807, 2.05) is 19.2 Å². The second kappa shape index (κ2) is 5.51. The summed E-state index contributed by atoms with van der Waals surface area (Å²) in [4.78, 5) is 11.2. The summed E-state index contributed by atoms with van der Waals surface area (Å²) in [6.45, 7) is 0.421. The Labute approximate surface area is 87.2 Å². The van der Waals surface area contributed by atoms with E-state index in [0.717, 1.165) is 10.6 Å². The van der Waals surface area contributed by atoms with Gasteiger partial charge < -0.3 is 10.1 Å². The highest BCUT2D eigenvalue weighted by atomic mass is 32.2. The summed E-state index contributed by atoms with van der Waals surface area (Å²) < 4.78 is 7.77. The van der Waals surface area contributed by atoms with E-state index in [-0.39, 0.29) is 0 Å². The number of rotatable bonds is 5. The van der Waals surface area contributed by atoms with Crippen LogP contribution >= 0.6 is 11.9 Å². The van der Waals surface area contributed by atoms with Crippen LogP contribution in [-0.4, -0.2) is 20.6 Å².